The van der Waals surface area contributed by atoms with Crippen LogP contribution in [0.4, 0.5) is 5.69 Å². The smallest absolute Gasteiger partial charge is 0.337 e. The summed E-state index contributed by atoms with van der Waals surface area (Å²) in [5, 5.41) is 17.2. The number of allylic oxidation sites excluding steroid dienone is 1. The number of hydrogen-bond donors (Lipinski definition) is 2. The Hall–Kier alpha value is -2.48. The van der Waals surface area contributed by atoms with Crippen LogP contribution in [-0.4, -0.2) is 23.1 Å². The first kappa shape index (κ1) is 16.9. The van der Waals surface area contributed by atoms with Crippen LogP contribution in [0, 0.1) is 16.0 Å². The van der Waals surface area contributed by atoms with Gasteiger partial charge in [-0.2, -0.15) is 0 Å². The maximum Gasteiger partial charge on any atom is 0.337 e. The Balaban J connectivity index is 2.52. The molecule has 23 heavy (non-hydrogen) atoms. The highest BCUT2D eigenvalue weighted by Gasteiger charge is 2.33. The Morgan fingerprint density at radius 1 is 1.35 bits per heavy atom. The van der Waals surface area contributed by atoms with Crippen molar-refractivity contribution >= 4 is 29.0 Å². The molecule has 0 aliphatic carbocycles. The van der Waals surface area contributed by atoms with Gasteiger partial charge in [0.15, 0.2) is 5.11 Å². The fourth-order valence-electron chi connectivity index (χ4n) is 2.42. The van der Waals surface area contributed by atoms with E-state index in [4.69, 9.17) is 17.0 Å². The maximum atomic E-state index is 12.2. The van der Waals surface area contributed by atoms with Crippen LogP contribution in [-0.2, 0) is 9.53 Å². The van der Waals surface area contributed by atoms with E-state index in [9.17, 15) is 14.9 Å². The van der Waals surface area contributed by atoms with Gasteiger partial charge < -0.3 is 15.4 Å². The van der Waals surface area contributed by atoms with Crippen LogP contribution in [0.25, 0.3) is 0 Å². The molecule has 0 radical (unpaired) electrons. The molecule has 1 aliphatic rings. The van der Waals surface area contributed by atoms with Crippen molar-refractivity contribution in [2.45, 2.75) is 19.9 Å². The van der Waals surface area contributed by atoms with Gasteiger partial charge in [0.25, 0.3) is 5.69 Å². The Morgan fingerprint density at radius 3 is 2.43 bits per heavy atom. The molecule has 2 N–H and O–H groups in total. The molecule has 1 aliphatic heterocycles. The number of rotatable bonds is 4. The van der Waals surface area contributed by atoms with Crippen molar-refractivity contribution in [3.8, 4) is 0 Å². The number of hydrogen-bond acceptors (Lipinski definition) is 5. The minimum absolute atomic E-state index is 0.0158. The summed E-state index contributed by atoms with van der Waals surface area (Å²) < 4.78 is 4.89. The average Bonchev–Trinajstić information content (AvgIpc) is 2.53. The van der Waals surface area contributed by atoms with Gasteiger partial charge in [0, 0.05) is 17.8 Å². The highest BCUT2D eigenvalue weighted by molar-refractivity contribution is 7.80. The standard InChI is InChI=1S/C15H17N3O4S/c1-8(2)12-11(14(19)22-3)13(17-15(23)16-12)9-4-6-10(7-5-9)18(20)21/h4-8,13H,1-3H3,(H2,16,17,23)/t13-/m0/s1. The van der Waals surface area contributed by atoms with Crippen LogP contribution in [0.3, 0.4) is 0 Å². The lowest BCUT2D eigenvalue weighted by atomic mass is 9.91. The second-order valence-corrected chi connectivity index (χ2v) is 5.76. The molecular weight excluding hydrogens is 318 g/mol. The Labute approximate surface area is 138 Å². The van der Waals surface area contributed by atoms with Crippen LogP contribution in [0.15, 0.2) is 35.5 Å². The van der Waals surface area contributed by atoms with Crippen LogP contribution in [0.2, 0.25) is 0 Å². The largest absolute Gasteiger partial charge is 0.466 e. The summed E-state index contributed by atoms with van der Waals surface area (Å²) in [6.07, 6.45) is 0. The van der Waals surface area contributed by atoms with Gasteiger partial charge in [0.1, 0.15) is 0 Å². The lowest BCUT2D eigenvalue weighted by Gasteiger charge is -2.32. The molecule has 0 saturated carbocycles. The van der Waals surface area contributed by atoms with E-state index in [1.807, 2.05) is 13.8 Å². The number of ether oxygens (including phenoxy) is 1. The molecule has 8 heteroatoms. The first-order valence-electron chi connectivity index (χ1n) is 6.99. The normalized spacial score (nSPS) is 17.6. The number of non-ortho nitro benzene ring substituents is 1. The number of nitrogens with one attached hydrogen (secondary N) is 2. The van der Waals surface area contributed by atoms with Crippen molar-refractivity contribution in [3.05, 3.63) is 51.2 Å². The van der Waals surface area contributed by atoms with E-state index in [1.165, 1.54) is 19.2 Å². The number of nitrogens with zero attached hydrogens (tertiary/aromatic N) is 1. The lowest BCUT2D eigenvalue weighted by Crippen LogP contribution is -2.46. The molecule has 0 bridgehead atoms. The SMILES string of the molecule is COC(=O)C1=C(C(C)C)NC(=S)N[C@H]1c1ccc([N+](=O)[O-])cc1. The topological polar surface area (TPSA) is 93.5 Å². The second-order valence-electron chi connectivity index (χ2n) is 5.35. The number of methoxy groups -OCH3 is 1. The van der Waals surface area contributed by atoms with E-state index < -0.39 is 16.9 Å². The third kappa shape index (κ3) is 3.48. The van der Waals surface area contributed by atoms with E-state index >= 15 is 0 Å². The summed E-state index contributed by atoms with van der Waals surface area (Å²) in [6.45, 7) is 3.87. The van der Waals surface area contributed by atoms with Crippen LogP contribution in [0.1, 0.15) is 25.5 Å². The molecule has 1 aromatic carbocycles. The van der Waals surface area contributed by atoms with E-state index in [1.54, 1.807) is 12.1 Å². The first-order chi connectivity index (χ1) is 10.8. The summed E-state index contributed by atoms with van der Waals surface area (Å²) in [4.78, 5) is 22.5. The highest BCUT2D eigenvalue weighted by atomic mass is 32.1. The zero-order valence-electron chi connectivity index (χ0n) is 13.0. The summed E-state index contributed by atoms with van der Waals surface area (Å²) >= 11 is 5.21. The van der Waals surface area contributed by atoms with Gasteiger partial charge in [-0.1, -0.05) is 13.8 Å². The fourth-order valence-corrected chi connectivity index (χ4v) is 2.64. The number of thiocarbonyl (C=S) groups is 1. The number of nitro groups is 1. The molecule has 0 fully saturated rings. The molecule has 1 heterocycles. The molecule has 1 aromatic rings. The first-order valence-corrected chi connectivity index (χ1v) is 7.40. The number of esters is 1. The molecule has 2 rings (SSSR count). The molecule has 0 aromatic heterocycles. The molecule has 0 amide bonds. The van der Waals surface area contributed by atoms with Crippen LogP contribution in [0.5, 0.6) is 0 Å². The van der Waals surface area contributed by atoms with E-state index in [0.717, 1.165) is 0 Å². The minimum Gasteiger partial charge on any atom is -0.466 e. The third-order valence-electron chi connectivity index (χ3n) is 3.52. The number of carbonyl (C=O) groups excluding carboxylic acids is 1. The van der Waals surface area contributed by atoms with Gasteiger partial charge in [0.05, 0.1) is 23.6 Å². The van der Waals surface area contributed by atoms with Crippen molar-refractivity contribution in [2.24, 2.45) is 5.92 Å². The lowest BCUT2D eigenvalue weighted by molar-refractivity contribution is -0.384. The van der Waals surface area contributed by atoms with Crippen molar-refractivity contribution < 1.29 is 14.5 Å². The predicted molar refractivity (Wildman–Crippen MR) is 88.6 cm³/mol. The van der Waals surface area contributed by atoms with Crippen molar-refractivity contribution in [1.82, 2.24) is 10.6 Å². The third-order valence-corrected chi connectivity index (χ3v) is 3.74. The molecule has 0 saturated heterocycles. The molecule has 122 valence electrons. The molecule has 0 spiro atoms. The predicted octanol–water partition coefficient (Wildman–Crippen LogP) is 2.20. The summed E-state index contributed by atoms with van der Waals surface area (Å²) in [7, 11) is 1.31. The van der Waals surface area contributed by atoms with Gasteiger partial charge in [-0.3, -0.25) is 10.1 Å². The molecular formula is C15H17N3O4S. The zero-order chi connectivity index (χ0) is 17.1. The number of carbonyl (C=O) groups is 1. The Kier molecular flexibility index (Phi) is 4.95. The number of benzene rings is 1. The van der Waals surface area contributed by atoms with Gasteiger partial charge in [0.2, 0.25) is 0 Å². The zero-order valence-corrected chi connectivity index (χ0v) is 13.8. The van der Waals surface area contributed by atoms with Gasteiger partial charge in [-0.25, -0.2) is 4.79 Å². The van der Waals surface area contributed by atoms with E-state index in [0.29, 0.717) is 21.9 Å². The van der Waals surface area contributed by atoms with E-state index in [2.05, 4.69) is 10.6 Å². The second kappa shape index (κ2) is 6.74. The fraction of sp³-hybridized carbons (Fsp3) is 0.333. The van der Waals surface area contributed by atoms with Gasteiger partial charge in [-0.05, 0) is 35.8 Å². The maximum absolute atomic E-state index is 12.2. The summed E-state index contributed by atoms with van der Waals surface area (Å²) in [5.74, 6) is -0.441. The summed E-state index contributed by atoms with van der Waals surface area (Å²) in [5.41, 5.74) is 1.78. The molecule has 7 nitrogen and oxygen atoms in total. The number of nitro benzene ring substituents is 1. The van der Waals surface area contributed by atoms with Gasteiger partial charge in [-0.15, -0.1) is 0 Å². The van der Waals surface area contributed by atoms with Gasteiger partial charge >= 0.3 is 5.97 Å². The summed E-state index contributed by atoms with van der Waals surface area (Å²) in [6, 6.07) is 5.47. The Bertz CT molecular complexity index is 682. The van der Waals surface area contributed by atoms with Crippen molar-refractivity contribution in [2.75, 3.05) is 7.11 Å². The monoisotopic (exact) mass is 335 g/mol. The quantitative estimate of drug-likeness (QED) is 0.377. The minimum atomic E-state index is -0.519. The Morgan fingerprint density at radius 2 is 1.96 bits per heavy atom. The molecule has 0 unspecified atom stereocenters. The van der Waals surface area contributed by atoms with Crippen LogP contribution < -0.4 is 10.6 Å². The van der Waals surface area contributed by atoms with Crippen molar-refractivity contribution in [1.29, 1.82) is 0 Å². The van der Waals surface area contributed by atoms with Crippen molar-refractivity contribution in [3.63, 3.8) is 0 Å². The van der Waals surface area contributed by atoms with E-state index in [-0.39, 0.29) is 11.6 Å². The highest BCUT2D eigenvalue weighted by Crippen LogP contribution is 2.31. The van der Waals surface area contributed by atoms with Crippen LogP contribution >= 0.6 is 12.2 Å². The molecule has 1 atom stereocenters. The average molecular weight is 335 g/mol.